The lowest BCUT2D eigenvalue weighted by Crippen LogP contribution is -2.21. The van der Waals surface area contributed by atoms with Gasteiger partial charge in [-0.25, -0.2) is 5.06 Å². The Morgan fingerprint density at radius 3 is 2.17 bits per heavy atom. The van der Waals surface area contributed by atoms with E-state index in [1.165, 1.54) is 0 Å². The van der Waals surface area contributed by atoms with Crippen LogP contribution in [0, 0.1) is 12.2 Å². The van der Waals surface area contributed by atoms with Crippen LogP contribution in [0.25, 0.3) is 0 Å². The van der Waals surface area contributed by atoms with Crippen molar-refractivity contribution < 1.29 is 14.0 Å². The van der Waals surface area contributed by atoms with Gasteiger partial charge >= 0.3 is 12.2 Å². The van der Waals surface area contributed by atoms with Crippen molar-refractivity contribution in [3.05, 3.63) is 12.2 Å². The molecule has 0 radical (unpaired) electrons. The van der Waals surface area contributed by atoms with Crippen LogP contribution in [-0.4, -0.2) is 26.7 Å². The Balaban J connectivity index is 3.00. The van der Waals surface area contributed by atoms with Crippen LogP contribution in [-0.2, 0) is 0 Å². The molecule has 0 aliphatic rings. The second-order valence-corrected chi connectivity index (χ2v) is 1.89. The number of hydrogen-bond acceptors (Lipinski definition) is 5. The molecule has 0 saturated carbocycles. The van der Waals surface area contributed by atoms with Gasteiger partial charge in [-0.15, -0.1) is 0 Å². The fraction of sp³-hybridized carbons (Fsp3) is 0.400. The lowest BCUT2D eigenvalue weighted by molar-refractivity contribution is 0.248. The smallest absolute Gasteiger partial charge is 0.286 e. The van der Waals surface area contributed by atoms with Crippen molar-refractivity contribution in [2.24, 2.45) is 0 Å². The zero-order valence-electron chi connectivity index (χ0n) is 6.20. The number of halogens is 2. The standard InChI is InChI=1S/C5H6F2N4O/c1-2-11(12)5-9-3(6)8-4(7)10-5/h12H,2H2,1H3. The van der Waals surface area contributed by atoms with Gasteiger partial charge < -0.3 is 0 Å². The molecular formula is C5H6F2N4O. The zero-order valence-corrected chi connectivity index (χ0v) is 6.20. The molecule has 0 saturated heterocycles. The topological polar surface area (TPSA) is 62.1 Å². The third-order valence-corrected chi connectivity index (χ3v) is 1.10. The molecule has 1 N–H and O–H groups in total. The van der Waals surface area contributed by atoms with Gasteiger partial charge in [-0.1, -0.05) is 0 Å². The molecule has 0 unspecified atom stereocenters. The Kier molecular flexibility index (Phi) is 2.44. The summed E-state index contributed by atoms with van der Waals surface area (Å²) in [5.41, 5.74) is 0. The molecule has 0 amide bonds. The van der Waals surface area contributed by atoms with E-state index in [4.69, 9.17) is 5.21 Å². The second-order valence-electron chi connectivity index (χ2n) is 1.89. The minimum Gasteiger partial charge on any atom is -0.286 e. The first-order chi connectivity index (χ1) is 5.63. The van der Waals surface area contributed by atoms with Crippen molar-refractivity contribution in [3.8, 4) is 0 Å². The summed E-state index contributed by atoms with van der Waals surface area (Å²) in [6, 6.07) is 0. The highest BCUT2D eigenvalue weighted by atomic mass is 19.1. The second kappa shape index (κ2) is 3.35. The fourth-order valence-corrected chi connectivity index (χ4v) is 0.573. The molecule has 5 nitrogen and oxygen atoms in total. The predicted molar refractivity (Wildman–Crippen MR) is 34.5 cm³/mol. The molecule has 0 aliphatic carbocycles. The number of nitrogens with zero attached hydrogens (tertiary/aromatic N) is 4. The lowest BCUT2D eigenvalue weighted by Gasteiger charge is -2.10. The quantitative estimate of drug-likeness (QED) is 0.659. The largest absolute Gasteiger partial charge is 0.315 e. The summed E-state index contributed by atoms with van der Waals surface area (Å²) < 4.78 is 24.6. The maximum atomic E-state index is 12.3. The molecule has 66 valence electrons. The molecule has 0 aromatic carbocycles. The predicted octanol–water partition coefficient (Wildman–Crippen LogP) is 0.365. The highest BCUT2D eigenvalue weighted by Crippen LogP contribution is 2.03. The number of hydrogen-bond donors (Lipinski definition) is 1. The van der Waals surface area contributed by atoms with Crippen molar-refractivity contribution in [2.45, 2.75) is 6.92 Å². The lowest BCUT2D eigenvalue weighted by atomic mass is 10.7. The Morgan fingerprint density at radius 2 is 1.75 bits per heavy atom. The molecule has 0 aliphatic heterocycles. The van der Waals surface area contributed by atoms with E-state index in [1.54, 1.807) is 6.92 Å². The SMILES string of the molecule is CCN(O)c1nc(F)nc(F)n1. The minimum atomic E-state index is -1.26. The average molecular weight is 176 g/mol. The molecular weight excluding hydrogens is 170 g/mol. The van der Waals surface area contributed by atoms with Gasteiger partial charge in [0.1, 0.15) is 0 Å². The third-order valence-electron chi connectivity index (χ3n) is 1.10. The van der Waals surface area contributed by atoms with Gasteiger partial charge in [-0.2, -0.15) is 23.7 Å². The van der Waals surface area contributed by atoms with E-state index < -0.39 is 18.1 Å². The minimum absolute atomic E-state index is 0.128. The third kappa shape index (κ3) is 1.82. The van der Waals surface area contributed by atoms with Gasteiger partial charge in [-0.3, -0.25) is 5.21 Å². The first kappa shape index (κ1) is 8.72. The molecule has 7 heteroatoms. The molecule has 0 atom stereocenters. The summed E-state index contributed by atoms with van der Waals surface area (Å²) in [6.07, 6.45) is -2.52. The normalized spacial score (nSPS) is 10.0. The van der Waals surface area contributed by atoms with Crippen LogP contribution < -0.4 is 5.06 Å². The molecule has 1 heterocycles. The molecule has 12 heavy (non-hydrogen) atoms. The van der Waals surface area contributed by atoms with Gasteiger partial charge in [0.25, 0.3) is 5.95 Å². The Morgan fingerprint density at radius 1 is 1.25 bits per heavy atom. The van der Waals surface area contributed by atoms with E-state index in [0.717, 1.165) is 0 Å². The molecule has 0 spiro atoms. The summed E-state index contributed by atoms with van der Waals surface area (Å²) in [7, 11) is 0. The summed E-state index contributed by atoms with van der Waals surface area (Å²) in [4.78, 5) is 8.76. The van der Waals surface area contributed by atoms with Crippen LogP contribution in [0.5, 0.6) is 0 Å². The van der Waals surface area contributed by atoms with E-state index in [9.17, 15) is 8.78 Å². The molecule has 0 bridgehead atoms. The van der Waals surface area contributed by atoms with Gasteiger partial charge in [-0.05, 0) is 6.92 Å². The van der Waals surface area contributed by atoms with Crippen LogP contribution in [0.1, 0.15) is 6.92 Å². The van der Waals surface area contributed by atoms with Crippen LogP contribution in [0.2, 0.25) is 0 Å². The Bertz CT molecular complexity index is 262. The maximum Gasteiger partial charge on any atom is 0.315 e. The first-order valence-electron chi connectivity index (χ1n) is 3.17. The molecule has 1 rings (SSSR count). The van der Waals surface area contributed by atoms with Crippen molar-refractivity contribution in [3.63, 3.8) is 0 Å². The van der Waals surface area contributed by atoms with E-state index in [0.29, 0.717) is 5.06 Å². The molecule has 1 aromatic rings. The number of hydroxylamine groups is 1. The molecule has 0 fully saturated rings. The van der Waals surface area contributed by atoms with Crippen LogP contribution in [0.15, 0.2) is 0 Å². The fourth-order valence-electron chi connectivity index (χ4n) is 0.573. The maximum absolute atomic E-state index is 12.3. The van der Waals surface area contributed by atoms with E-state index in [-0.39, 0.29) is 6.54 Å². The van der Waals surface area contributed by atoms with Gasteiger partial charge in [0.05, 0.1) is 0 Å². The van der Waals surface area contributed by atoms with Gasteiger partial charge in [0, 0.05) is 6.54 Å². The van der Waals surface area contributed by atoms with Crippen molar-refractivity contribution in [1.82, 2.24) is 15.0 Å². The van der Waals surface area contributed by atoms with Gasteiger partial charge in [0.15, 0.2) is 0 Å². The Hall–Kier alpha value is -1.37. The van der Waals surface area contributed by atoms with Crippen molar-refractivity contribution in [1.29, 1.82) is 0 Å². The van der Waals surface area contributed by atoms with Crippen LogP contribution >= 0.6 is 0 Å². The van der Waals surface area contributed by atoms with E-state index in [1.807, 2.05) is 0 Å². The first-order valence-corrected chi connectivity index (χ1v) is 3.17. The molecule has 1 aromatic heterocycles. The number of aromatic nitrogens is 3. The van der Waals surface area contributed by atoms with Crippen LogP contribution in [0.4, 0.5) is 14.7 Å². The summed E-state index contributed by atoms with van der Waals surface area (Å²) in [6.45, 7) is 1.70. The average Bonchev–Trinajstić information content (AvgIpc) is 2.01. The number of rotatable bonds is 2. The Labute approximate surface area is 66.7 Å². The van der Waals surface area contributed by atoms with Gasteiger partial charge in [0.2, 0.25) is 0 Å². The number of anilines is 1. The highest BCUT2D eigenvalue weighted by molar-refractivity contribution is 5.21. The summed E-state index contributed by atoms with van der Waals surface area (Å²) >= 11 is 0. The highest BCUT2D eigenvalue weighted by Gasteiger charge is 2.09. The van der Waals surface area contributed by atoms with E-state index in [2.05, 4.69) is 15.0 Å². The monoisotopic (exact) mass is 176 g/mol. The van der Waals surface area contributed by atoms with Crippen LogP contribution in [0.3, 0.4) is 0 Å². The zero-order chi connectivity index (χ0) is 9.14. The summed E-state index contributed by atoms with van der Waals surface area (Å²) in [5, 5.41) is 9.43. The van der Waals surface area contributed by atoms with E-state index >= 15 is 0 Å². The van der Waals surface area contributed by atoms with Crippen molar-refractivity contribution in [2.75, 3.05) is 11.6 Å². The van der Waals surface area contributed by atoms with Crippen molar-refractivity contribution >= 4 is 5.95 Å². The summed E-state index contributed by atoms with van der Waals surface area (Å²) in [5.74, 6) is -0.442.